The topological polar surface area (TPSA) is 98.2 Å². The lowest BCUT2D eigenvalue weighted by atomic mass is 10.1. The average Bonchev–Trinajstić information content (AvgIpc) is 3.22. The van der Waals surface area contributed by atoms with Crippen LogP contribution in [0.5, 0.6) is 11.6 Å². The molecule has 3 rings (SSSR count). The number of para-hydroxylation sites is 1. The van der Waals surface area contributed by atoms with Gasteiger partial charge in [0.1, 0.15) is 11.4 Å². The van der Waals surface area contributed by atoms with Gasteiger partial charge in [-0.3, -0.25) is 4.79 Å². The highest BCUT2D eigenvalue weighted by Gasteiger charge is 2.24. The van der Waals surface area contributed by atoms with Gasteiger partial charge in [-0.15, -0.1) is 0 Å². The molecule has 0 aliphatic heterocycles. The summed E-state index contributed by atoms with van der Waals surface area (Å²) in [6, 6.07) is 5.30. The summed E-state index contributed by atoms with van der Waals surface area (Å²) in [5.74, 6) is -0.456. The Kier molecular flexibility index (Phi) is 6.81. The second-order valence-corrected chi connectivity index (χ2v) is 9.31. The highest BCUT2D eigenvalue weighted by molar-refractivity contribution is 7.93. The molecule has 1 aliphatic rings. The lowest BCUT2D eigenvalue weighted by Crippen LogP contribution is -2.32. The van der Waals surface area contributed by atoms with E-state index in [4.69, 9.17) is 4.74 Å². The lowest BCUT2D eigenvalue weighted by Gasteiger charge is -2.15. The van der Waals surface area contributed by atoms with Gasteiger partial charge in [-0.2, -0.15) is 4.98 Å². The average molecular weight is 434 g/mol. The summed E-state index contributed by atoms with van der Waals surface area (Å²) < 4.78 is 42.3. The first kappa shape index (κ1) is 21.9. The number of carbonyl (C=O) groups excluding carboxylic acids is 1. The predicted molar refractivity (Wildman–Crippen MR) is 111 cm³/mol. The van der Waals surface area contributed by atoms with Crippen molar-refractivity contribution in [2.45, 2.75) is 44.6 Å². The number of ether oxygens (including phenoxy) is 1. The highest BCUT2D eigenvalue weighted by atomic mass is 32.2. The Balaban J connectivity index is 1.89. The summed E-state index contributed by atoms with van der Waals surface area (Å²) in [6.07, 6.45) is 7.88. The summed E-state index contributed by atoms with van der Waals surface area (Å²) >= 11 is 0. The smallest absolute Gasteiger partial charge is 0.258 e. The van der Waals surface area contributed by atoms with E-state index in [1.807, 2.05) is 0 Å². The van der Waals surface area contributed by atoms with E-state index in [9.17, 15) is 17.6 Å². The van der Waals surface area contributed by atoms with Crippen LogP contribution in [0.3, 0.4) is 0 Å². The van der Waals surface area contributed by atoms with Crippen molar-refractivity contribution in [1.29, 1.82) is 0 Å². The third kappa shape index (κ3) is 5.85. The summed E-state index contributed by atoms with van der Waals surface area (Å²) in [7, 11) is -3.31. The molecule has 30 heavy (non-hydrogen) atoms. The number of nitrogens with zero attached hydrogens (tertiary/aromatic N) is 2. The van der Waals surface area contributed by atoms with Crippen molar-refractivity contribution < 1.29 is 22.3 Å². The van der Waals surface area contributed by atoms with E-state index in [1.54, 1.807) is 13.0 Å². The molecule has 0 bridgehead atoms. The Bertz CT molecular complexity index is 1050. The van der Waals surface area contributed by atoms with Gasteiger partial charge in [-0.25, -0.2) is 17.8 Å². The Labute approximate surface area is 175 Å². The number of carbonyl (C=O) groups is 1. The molecule has 1 atom stereocenters. The Hall–Kier alpha value is -2.81. The number of aromatic nitrogens is 2. The number of nitrogens with one attached hydrogen (secondary N) is 1. The van der Waals surface area contributed by atoms with E-state index in [2.05, 4.69) is 15.3 Å². The summed E-state index contributed by atoms with van der Waals surface area (Å²) in [4.78, 5) is 21.5. The number of amides is 1. The van der Waals surface area contributed by atoms with Crippen LogP contribution in [0.1, 0.15) is 54.7 Å². The fraction of sp³-hybridized carbons (Fsp3) is 0.381. The minimum atomic E-state index is -3.31. The molecule has 2 aromatic rings. The maximum absolute atomic E-state index is 14.1. The molecule has 1 aromatic carbocycles. The molecule has 1 amide bonds. The molecule has 1 saturated carbocycles. The fourth-order valence-corrected chi connectivity index (χ4v) is 3.74. The van der Waals surface area contributed by atoms with Gasteiger partial charge in [-0.1, -0.05) is 31.1 Å². The Morgan fingerprint density at radius 2 is 2.00 bits per heavy atom. The van der Waals surface area contributed by atoms with E-state index in [0.717, 1.165) is 37.3 Å². The van der Waals surface area contributed by atoms with Gasteiger partial charge in [0, 0.05) is 29.8 Å². The number of benzene rings is 1. The summed E-state index contributed by atoms with van der Waals surface area (Å²) in [5.41, 5.74) is 0.0413. The van der Waals surface area contributed by atoms with Crippen molar-refractivity contribution in [3.05, 3.63) is 59.2 Å². The molecule has 7 nitrogen and oxygen atoms in total. The van der Waals surface area contributed by atoms with Crippen molar-refractivity contribution >= 4 is 15.7 Å². The molecule has 0 spiro atoms. The molecule has 0 radical (unpaired) electrons. The van der Waals surface area contributed by atoms with E-state index in [0.29, 0.717) is 5.82 Å². The van der Waals surface area contributed by atoms with Crippen molar-refractivity contribution in [2.75, 3.05) is 6.26 Å². The van der Waals surface area contributed by atoms with Gasteiger partial charge in [-0.05, 0) is 31.9 Å². The SMILES string of the molecule is CC(/C=C/S(C)(=O)=O)NC(=O)c1cnc(C2CCCC2)nc1Oc1ccccc1F. The lowest BCUT2D eigenvalue weighted by molar-refractivity contribution is 0.0943. The van der Waals surface area contributed by atoms with Crippen LogP contribution in [-0.4, -0.2) is 36.6 Å². The zero-order valence-electron chi connectivity index (χ0n) is 16.8. The van der Waals surface area contributed by atoms with Crippen LogP contribution in [-0.2, 0) is 9.84 Å². The van der Waals surface area contributed by atoms with Crippen LogP contribution in [0.2, 0.25) is 0 Å². The highest BCUT2D eigenvalue weighted by Crippen LogP contribution is 2.34. The third-order valence-corrected chi connectivity index (χ3v) is 5.41. The van der Waals surface area contributed by atoms with E-state index in [1.165, 1.54) is 30.5 Å². The molecule has 1 unspecified atom stereocenters. The van der Waals surface area contributed by atoms with Crippen LogP contribution >= 0.6 is 0 Å². The van der Waals surface area contributed by atoms with Crippen LogP contribution in [0.15, 0.2) is 41.9 Å². The first-order chi connectivity index (χ1) is 14.2. The van der Waals surface area contributed by atoms with Crippen LogP contribution < -0.4 is 10.1 Å². The number of sulfone groups is 1. The molecule has 1 fully saturated rings. The maximum atomic E-state index is 14.1. The van der Waals surface area contributed by atoms with Crippen LogP contribution in [0, 0.1) is 5.82 Å². The predicted octanol–water partition coefficient (Wildman–Crippen LogP) is 3.74. The largest absolute Gasteiger partial charge is 0.435 e. The molecule has 160 valence electrons. The van der Waals surface area contributed by atoms with E-state index in [-0.39, 0.29) is 23.1 Å². The van der Waals surface area contributed by atoms with Crippen molar-refractivity contribution in [2.24, 2.45) is 0 Å². The Morgan fingerprint density at radius 3 is 2.67 bits per heavy atom. The molecule has 1 N–H and O–H groups in total. The molecular weight excluding hydrogens is 409 g/mol. The first-order valence-corrected chi connectivity index (χ1v) is 11.7. The van der Waals surface area contributed by atoms with Gasteiger partial charge < -0.3 is 10.1 Å². The molecule has 9 heteroatoms. The zero-order valence-corrected chi connectivity index (χ0v) is 17.7. The van der Waals surface area contributed by atoms with Crippen LogP contribution in [0.25, 0.3) is 0 Å². The van der Waals surface area contributed by atoms with Gasteiger partial charge >= 0.3 is 0 Å². The first-order valence-electron chi connectivity index (χ1n) is 9.71. The number of hydrogen-bond donors (Lipinski definition) is 1. The molecular formula is C21H24FN3O4S. The Morgan fingerprint density at radius 1 is 1.30 bits per heavy atom. The standard InChI is InChI=1S/C21H24FN3O4S/c1-14(11-12-30(2,27)28)24-20(26)16-13-23-19(15-7-3-4-8-15)25-21(16)29-18-10-6-5-9-17(18)22/h5-6,9-15H,3-4,7-8H2,1-2H3,(H,24,26)/b12-11+. The van der Waals surface area contributed by atoms with Crippen molar-refractivity contribution in [3.63, 3.8) is 0 Å². The second-order valence-electron chi connectivity index (χ2n) is 7.38. The van der Waals surface area contributed by atoms with Gasteiger partial charge in [0.25, 0.3) is 5.91 Å². The third-order valence-electron chi connectivity index (χ3n) is 4.75. The number of halogens is 1. The van der Waals surface area contributed by atoms with Gasteiger partial charge in [0.2, 0.25) is 5.88 Å². The minimum absolute atomic E-state index is 0.0335. The van der Waals surface area contributed by atoms with Crippen molar-refractivity contribution in [1.82, 2.24) is 15.3 Å². The second kappa shape index (κ2) is 9.34. The fourth-order valence-electron chi connectivity index (χ4n) is 3.22. The monoisotopic (exact) mass is 433 g/mol. The molecule has 1 heterocycles. The normalized spacial score (nSPS) is 16.0. The number of hydrogen-bond acceptors (Lipinski definition) is 6. The maximum Gasteiger partial charge on any atom is 0.258 e. The van der Waals surface area contributed by atoms with Gasteiger partial charge in [0.15, 0.2) is 21.4 Å². The number of rotatable bonds is 7. The van der Waals surface area contributed by atoms with Gasteiger partial charge in [0.05, 0.1) is 0 Å². The quantitative estimate of drug-likeness (QED) is 0.714. The summed E-state index contributed by atoms with van der Waals surface area (Å²) in [6.45, 7) is 1.63. The minimum Gasteiger partial charge on any atom is -0.435 e. The molecule has 0 saturated heterocycles. The molecule has 1 aliphatic carbocycles. The van der Waals surface area contributed by atoms with Crippen LogP contribution in [0.4, 0.5) is 4.39 Å². The summed E-state index contributed by atoms with van der Waals surface area (Å²) in [5, 5.41) is 3.68. The van der Waals surface area contributed by atoms with E-state index >= 15 is 0 Å². The van der Waals surface area contributed by atoms with Crippen molar-refractivity contribution in [3.8, 4) is 11.6 Å². The zero-order chi connectivity index (χ0) is 21.7. The molecule has 1 aromatic heterocycles. The van der Waals surface area contributed by atoms with E-state index < -0.39 is 27.6 Å².